The van der Waals surface area contributed by atoms with Crippen LogP contribution in [0, 0.1) is 15.5 Å². The first kappa shape index (κ1) is 15.1. The van der Waals surface area contributed by atoms with Gasteiger partial charge in [-0.25, -0.2) is 13.1 Å². The second-order valence-corrected chi connectivity index (χ2v) is 6.56. The second-order valence-electron chi connectivity index (χ2n) is 4.91. The smallest absolute Gasteiger partial charge is 0.273 e. The molecule has 0 aliphatic carbocycles. The molecular formula is C11H14N2O5S. The van der Waals surface area contributed by atoms with Crippen LogP contribution in [0.15, 0.2) is 29.2 Å². The number of nitrogens with one attached hydrogen (secondary N) is 1. The minimum atomic E-state index is -4.26. The zero-order valence-corrected chi connectivity index (χ0v) is 11.5. The molecule has 0 aliphatic heterocycles. The van der Waals surface area contributed by atoms with Crippen LogP contribution in [-0.2, 0) is 14.8 Å². The molecule has 7 nitrogen and oxygen atoms in total. The Labute approximate surface area is 110 Å². The highest BCUT2D eigenvalue weighted by molar-refractivity contribution is 7.90. The predicted molar refractivity (Wildman–Crippen MR) is 67.9 cm³/mol. The van der Waals surface area contributed by atoms with Crippen molar-refractivity contribution >= 4 is 21.6 Å². The number of rotatable bonds is 3. The largest absolute Gasteiger partial charge is 0.289 e. The highest BCUT2D eigenvalue weighted by Gasteiger charge is 2.31. The summed E-state index contributed by atoms with van der Waals surface area (Å²) in [6.07, 6.45) is 0. The zero-order chi connectivity index (χ0) is 14.8. The molecule has 19 heavy (non-hydrogen) atoms. The average molecular weight is 286 g/mol. The molecular weight excluding hydrogens is 272 g/mol. The van der Waals surface area contributed by atoms with Gasteiger partial charge in [0.25, 0.3) is 15.7 Å². The quantitative estimate of drug-likeness (QED) is 0.668. The number of hydrogen-bond donors (Lipinski definition) is 1. The zero-order valence-electron chi connectivity index (χ0n) is 10.7. The van der Waals surface area contributed by atoms with Crippen molar-refractivity contribution in [3.05, 3.63) is 34.4 Å². The molecule has 1 N–H and O–H groups in total. The molecule has 0 spiro atoms. The third-order valence-corrected chi connectivity index (χ3v) is 3.64. The molecule has 8 heteroatoms. The van der Waals surface area contributed by atoms with E-state index in [1.165, 1.54) is 32.9 Å². The van der Waals surface area contributed by atoms with Gasteiger partial charge in [0.2, 0.25) is 5.91 Å². The van der Waals surface area contributed by atoms with E-state index >= 15 is 0 Å². The molecule has 0 aliphatic rings. The molecule has 1 rings (SSSR count). The maximum absolute atomic E-state index is 12.0. The summed E-state index contributed by atoms with van der Waals surface area (Å²) < 4.78 is 25.8. The van der Waals surface area contributed by atoms with E-state index in [1.807, 2.05) is 4.72 Å². The van der Waals surface area contributed by atoms with E-state index in [1.54, 1.807) is 0 Å². The second kappa shape index (κ2) is 4.96. The van der Waals surface area contributed by atoms with Gasteiger partial charge in [0.05, 0.1) is 4.92 Å². The van der Waals surface area contributed by atoms with Crippen LogP contribution in [0.5, 0.6) is 0 Å². The Morgan fingerprint density at radius 3 is 2.26 bits per heavy atom. The summed E-state index contributed by atoms with van der Waals surface area (Å²) in [6.45, 7) is 4.62. The van der Waals surface area contributed by atoms with Crippen LogP contribution in [0.4, 0.5) is 5.69 Å². The molecule has 0 saturated heterocycles. The van der Waals surface area contributed by atoms with Crippen molar-refractivity contribution in [2.75, 3.05) is 0 Å². The molecule has 0 aromatic heterocycles. The van der Waals surface area contributed by atoms with Crippen LogP contribution in [0.1, 0.15) is 20.8 Å². The Hall–Kier alpha value is -1.96. The minimum Gasteiger partial charge on any atom is -0.273 e. The van der Waals surface area contributed by atoms with E-state index < -0.39 is 36.9 Å². The lowest BCUT2D eigenvalue weighted by Gasteiger charge is -2.17. The maximum Gasteiger partial charge on any atom is 0.289 e. The number of amides is 1. The standard InChI is InChI=1S/C11H14N2O5S/c1-11(2,3)10(14)12-19(17,18)9-7-5-4-6-8(9)13(15)16/h4-7H,1-3H3,(H,12,14). The lowest BCUT2D eigenvalue weighted by atomic mass is 9.96. The van der Waals surface area contributed by atoms with Gasteiger partial charge in [0.1, 0.15) is 0 Å². The number of hydrogen-bond acceptors (Lipinski definition) is 5. The van der Waals surface area contributed by atoms with E-state index in [0.717, 1.165) is 12.1 Å². The van der Waals surface area contributed by atoms with Gasteiger partial charge in [-0.2, -0.15) is 0 Å². The van der Waals surface area contributed by atoms with Crippen molar-refractivity contribution in [1.82, 2.24) is 4.72 Å². The Balaban J connectivity index is 3.23. The number of para-hydroxylation sites is 1. The monoisotopic (exact) mass is 286 g/mol. The molecule has 1 aromatic carbocycles. The number of benzene rings is 1. The summed E-state index contributed by atoms with van der Waals surface area (Å²) in [5.74, 6) is -0.731. The van der Waals surface area contributed by atoms with Gasteiger partial charge in [-0.1, -0.05) is 32.9 Å². The molecule has 0 heterocycles. The lowest BCUT2D eigenvalue weighted by Crippen LogP contribution is -2.39. The molecule has 0 atom stereocenters. The third-order valence-electron chi connectivity index (χ3n) is 2.26. The highest BCUT2D eigenvalue weighted by atomic mass is 32.2. The van der Waals surface area contributed by atoms with Gasteiger partial charge >= 0.3 is 0 Å². The van der Waals surface area contributed by atoms with Gasteiger partial charge in [0.15, 0.2) is 4.90 Å². The topological polar surface area (TPSA) is 106 Å². The summed E-state index contributed by atoms with van der Waals surface area (Å²) in [6, 6.07) is 4.85. The number of nitrogens with zero attached hydrogens (tertiary/aromatic N) is 1. The van der Waals surface area contributed by atoms with Crippen LogP contribution < -0.4 is 4.72 Å². The van der Waals surface area contributed by atoms with Crippen molar-refractivity contribution in [3.8, 4) is 0 Å². The first-order valence-corrected chi connectivity index (χ1v) is 6.84. The van der Waals surface area contributed by atoms with Crippen LogP contribution in [0.3, 0.4) is 0 Å². The first-order chi connectivity index (χ1) is 8.55. The predicted octanol–water partition coefficient (Wildman–Crippen LogP) is 1.45. The average Bonchev–Trinajstić information content (AvgIpc) is 2.27. The summed E-state index contributed by atoms with van der Waals surface area (Å²) in [7, 11) is -4.26. The van der Waals surface area contributed by atoms with Gasteiger partial charge in [-0.3, -0.25) is 14.9 Å². The van der Waals surface area contributed by atoms with Crippen LogP contribution in [0.2, 0.25) is 0 Å². The van der Waals surface area contributed by atoms with Crippen molar-refractivity contribution < 1.29 is 18.1 Å². The van der Waals surface area contributed by atoms with E-state index in [9.17, 15) is 23.3 Å². The number of sulfonamides is 1. The summed E-state index contributed by atoms with van der Waals surface area (Å²) in [5.41, 5.74) is -1.49. The molecule has 104 valence electrons. The van der Waals surface area contributed by atoms with Crippen molar-refractivity contribution in [2.24, 2.45) is 5.41 Å². The van der Waals surface area contributed by atoms with Crippen LogP contribution >= 0.6 is 0 Å². The number of carbonyl (C=O) groups is 1. The Kier molecular flexibility index (Phi) is 3.94. The molecule has 0 unspecified atom stereocenters. The van der Waals surface area contributed by atoms with Crippen molar-refractivity contribution in [2.45, 2.75) is 25.7 Å². The van der Waals surface area contributed by atoms with Gasteiger partial charge in [-0.05, 0) is 6.07 Å². The number of nitro benzene ring substituents is 1. The summed E-state index contributed by atoms with van der Waals surface area (Å²) >= 11 is 0. The molecule has 0 radical (unpaired) electrons. The minimum absolute atomic E-state index is 0.530. The van der Waals surface area contributed by atoms with Gasteiger partial charge < -0.3 is 0 Å². The fourth-order valence-corrected chi connectivity index (χ4v) is 2.50. The first-order valence-electron chi connectivity index (χ1n) is 5.36. The Bertz CT molecular complexity index is 616. The van der Waals surface area contributed by atoms with Crippen molar-refractivity contribution in [3.63, 3.8) is 0 Å². The number of nitro groups is 1. The molecule has 0 fully saturated rings. The Morgan fingerprint density at radius 2 is 1.79 bits per heavy atom. The fraction of sp³-hybridized carbons (Fsp3) is 0.364. The SMILES string of the molecule is CC(C)(C)C(=O)NS(=O)(=O)c1ccccc1[N+](=O)[O-]. The van der Waals surface area contributed by atoms with E-state index in [2.05, 4.69) is 0 Å². The summed E-state index contributed by atoms with van der Waals surface area (Å²) in [4.78, 5) is 21.1. The van der Waals surface area contributed by atoms with Crippen molar-refractivity contribution in [1.29, 1.82) is 0 Å². The fourth-order valence-electron chi connectivity index (χ4n) is 1.17. The van der Waals surface area contributed by atoms with Gasteiger partial charge in [0, 0.05) is 11.5 Å². The lowest BCUT2D eigenvalue weighted by molar-refractivity contribution is -0.387. The van der Waals surface area contributed by atoms with Gasteiger partial charge in [-0.15, -0.1) is 0 Å². The van der Waals surface area contributed by atoms with Crippen LogP contribution in [0.25, 0.3) is 0 Å². The Morgan fingerprint density at radius 1 is 1.26 bits per heavy atom. The van der Waals surface area contributed by atoms with E-state index in [-0.39, 0.29) is 0 Å². The van der Waals surface area contributed by atoms with E-state index in [0.29, 0.717) is 0 Å². The van der Waals surface area contributed by atoms with E-state index in [4.69, 9.17) is 0 Å². The molecule has 0 bridgehead atoms. The molecule has 1 amide bonds. The maximum atomic E-state index is 12.0. The summed E-state index contributed by atoms with van der Waals surface area (Å²) in [5, 5.41) is 10.8. The molecule has 1 aromatic rings. The normalized spacial score (nSPS) is 11.9. The third kappa shape index (κ3) is 3.50. The number of carbonyl (C=O) groups excluding carboxylic acids is 1. The van der Waals surface area contributed by atoms with Crippen LogP contribution in [-0.4, -0.2) is 19.2 Å². The molecule has 0 saturated carbocycles. The highest BCUT2D eigenvalue weighted by Crippen LogP contribution is 2.23.